The molecule has 3 rings (SSSR count). The van der Waals surface area contributed by atoms with Gasteiger partial charge in [0.1, 0.15) is 12.3 Å². The van der Waals surface area contributed by atoms with Gasteiger partial charge in [0, 0.05) is 17.7 Å². The van der Waals surface area contributed by atoms with Gasteiger partial charge in [-0.15, -0.1) is 11.3 Å². The number of hydrogen-bond donors (Lipinski definition) is 0. The molecule has 8 heteroatoms. The molecule has 0 spiro atoms. The van der Waals surface area contributed by atoms with Gasteiger partial charge in [-0.25, -0.2) is 4.79 Å². The van der Waals surface area contributed by atoms with Crippen molar-refractivity contribution in [1.82, 2.24) is 5.16 Å². The van der Waals surface area contributed by atoms with Gasteiger partial charge in [-0.3, -0.25) is 10.1 Å². The van der Waals surface area contributed by atoms with Crippen LogP contribution < -0.4 is 0 Å². The third-order valence-corrected chi connectivity index (χ3v) is 4.19. The van der Waals surface area contributed by atoms with Crippen LogP contribution in [0.5, 0.6) is 0 Å². The van der Waals surface area contributed by atoms with E-state index < -0.39 is 10.9 Å². The lowest BCUT2D eigenvalue weighted by atomic mass is 10.1. The van der Waals surface area contributed by atoms with E-state index in [-0.39, 0.29) is 17.9 Å². The zero-order chi connectivity index (χ0) is 17.1. The molecule has 0 aliphatic rings. The molecule has 1 aromatic carbocycles. The Morgan fingerprint density at radius 2 is 2.21 bits per heavy atom. The first kappa shape index (κ1) is 15.9. The minimum atomic E-state index is -0.575. The van der Waals surface area contributed by atoms with Crippen LogP contribution in [-0.4, -0.2) is 16.0 Å². The van der Waals surface area contributed by atoms with E-state index >= 15 is 0 Å². The number of carbonyl (C=O) groups excluding carboxylic acids is 1. The van der Waals surface area contributed by atoms with E-state index in [1.54, 1.807) is 13.0 Å². The predicted molar refractivity (Wildman–Crippen MR) is 86.8 cm³/mol. The first-order chi connectivity index (χ1) is 11.5. The van der Waals surface area contributed by atoms with Gasteiger partial charge in [0.05, 0.1) is 15.4 Å². The average molecular weight is 344 g/mol. The molecular formula is C16H12N2O5S. The largest absolute Gasteiger partial charge is 0.455 e. The minimum Gasteiger partial charge on any atom is -0.455 e. The Hall–Kier alpha value is -3.00. The van der Waals surface area contributed by atoms with Crippen LogP contribution >= 0.6 is 11.3 Å². The van der Waals surface area contributed by atoms with Crippen molar-refractivity contribution in [1.29, 1.82) is 0 Å². The Bertz CT molecular complexity index is 886. The average Bonchev–Trinajstić information content (AvgIpc) is 3.23. The van der Waals surface area contributed by atoms with Gasteiger partial charge in [-0.2, -0.15) is 0 Å². The van der Waals surface area contributed by atoms with Crippen molar-refractivity contribution in [2.75, 3.05) is 0 Å². The number of hydrogen-bond acceptors (Lipinski definition) is 7. The summed E-state index contributed by atoms with van der Waals surface area (Å²) in [5.41, 5.74) is 1.10. The maximum atomic E-state index is 12.0. The Balaban J connectivity index is 1.65. The fourth-order valence-corrected chi connectivity index (χ4v) is 2.80. The minimum absolute atomic E-state index is 0.0380. The molecule has 0 atom stereocenters. The first-order valence-corrected chi connectivity index (χ1v) is 7.84. The number of benzene rings is 1. The lowest BCUT2D eigenvalue weighted by molar-refractivity contribution is -0.385. The van der Waals surface area contributed by atoms with Crippen molar-refractivity contribution in [2.45, 2.75) is 13.5 Å². The molecule has 0 saturated heterocycles. The third-order valence-electron chi connectivity index (χ3n) is 3.30. The zero-order valence-electron chi connectivity index (χ0n) is 12.6. The van der Waals surface area contributed by atoms with E-state index in [0.717, 1.165) is 4.88 Å². The highest BCUT2D eigenvalue weighted by atomic mass is 32.1. The van der Waals surface area contributed by atoms with Crippen LogP contribution in [0, 0.1) is 17.0 Å². The highest BCUT2D eigenvalue weighted by molar-refractivity contribution is 7.13. The van der Waals surface area contributed by atoms with E-state index in [0.29, 0.717) is 17.0 Å². The van der Waals surface area contributed by atoms with Gasteiger partial charge < -0.3 is 9.26 Å². The van der Waals surface area contributed by atoms with Crippen molar-refractivity contribution >= 4 is 23.0 Å². The summed E-state index contributed by atoms with van der Waals surface area (Å²) in [6.07, 6.45) is 0. The Labute approximate surface area is 140 Å². The van der Waals surface area contributed by atoms with Gasteiger partial charge in [-0.1, -0.05) is 11.2 Å². The molecule has 3 aromatic rings. The predicted octanol–water partition coefficient (Wildman–Crippen LogP) is 3.98. The van der Waals surface area contributed by atoms with Gasteiger partial charge in [-0.05, 0) is 30.5 Å². The SMILES string of the molecule is Cc1cc(C(=O)OCc2cc(-c3cccs3)on2)ccc1[N+](=O)[O-]. The highest BCUT2D eigenvalue weighted by Crippen LogP contribution is 2.25. The van der Waals surface area contributed by atoms with Crippen molar-refractivity contribution in [3.05, 3.63) is 68.7 Å². The second kappa shape index (κ2) is 6.63. The monoisotopic (exact) mass is 344 g/mol. The van der Waals surface area contributed by atoms with Crippen LogP contribution in [-0.2, 0) is 11.3 Å². The number of esters is 1. The van der Waals surface area contributed by atoms with Gasteiger partial charge in [0.25, 0.3) is 5.69 Å². The fourth-order valence-electron chi connectivity index (χ4n) is 2.12. The summed E-state index contributed by atoms with van der Waals surface area (Å²) in [6, 6.07) is 9.60. The Morgan fingerprint density at radius 3 is 2.88 bits per heavy atom. The third kappa shape index (κ3) is 3.33. The summed E-state index contributed by atoms with van der Waals surface area (Å²) in [4.78, 5) is 23.3. The molecule has 24 heavy (non-hydrogen) atoms. The molecule has 0 aliphatic heterocycles. The van der Waals surface area contributed by atoms with Crippen LogP contribution in [0.3, 0.4) is 0 Å². The maximum absolute atomic E-state index is 12.0. The van der Waals surface area contributed by atoms with E-state index in [9.17, 15) is 14.9 Å². The van der Waals surface area contributed by atoms with Crippen molar-refractivity contribution in [3.63, 3.8) is 0 Å². The number of aryl methyl sites for hydroxylation is 1. The highest BCUT2D eigenvalue weighted by Gasteiger charge is 2.15. The van der Waals surface area contributed by atoms with Gasteiger partial charge in [0.2, 0.25) is 0 Å². The zero-order valence-corrected chi connectivity index (χ0v) is 13.4. The fraction of sp³-hybridized carbons (Fsp3) is 0.125. The van der Waals surface area contributed by atoms with E-state index in [4.69, 9.17) is 9.26 Å². The van der Waals surface area contributed by atoms with Gasteiger partial charge in [0.15, 0.2) is 5.76 Å². The van der Waals surface area contributed by atoms with Crippen LogP contribution in [0.1, 0.15) is 21.6 Å². The lowest BCUT2D eigenvalue weighted by Gasteiger charge is -2.04. The van der Waals surface area contributed by atoms with Crippen LogP contribution in [0.4, 0.5) is 5.69 Å². The van der Waals surface area contributed by atoms with Crippen molar-refractivity contribution < 1.29 is 19.0 Å². The molecule has 2 aromatic heterocycles. The molecule has 0 saturated carbocycles. The first-order valence-electron chi connectivity index (χ1n) is 6.96. The lowest BCUT2D eigenvalue weighted by Crippen LogP contribution is -2.06. The summed E-state index contributed by atoms with van der Waals surface area (Å²) in [7, 11) is 0. The van der Waals surface area contributed by atoms with Crippen LogP contribution in [0.15, 0.2) is 46.3 Å². The van der Waals surface area contributed by atoms with Gasteiger partial charge >= 0.3 is 5.97 Å². The van der Waals surface area contributed by atoms with E-state index in [2.05, 4.69) is 5.16 Å². The number of nitro groups is 1. The molecule has 0 aliphatic carbocycles. The number of nitrogens with zero attached hydrogens (tertiary/aromatic N) is 2. The summed E-state index contributed by atoms with van der Waals surface area (Å²) >= 11 is 1.52. The van der Waals surface area contributed by atoms with Crippen molar-refractivity contribution in [3.8, 4) is 10.6 Å². The second-order valence-corrected chi connectivity index (χ2v) is 5.94. The molecule has 0 amide bonds. The number of nitro benzene ring substituents is 1. The number of ether oxygens (including phenoxy) is 1. The van der Waals surface area contributed by atoms with Crippen molar-refractivity contribution in [2.24, 2.45) is 0 Å². The molecule has 0 N–H and O–H groups in total. The molecule has 0 radical (unpaired) electrons. The van der Waals surface area contributed by atoms with Crippen LogP contribution in [0.25, 0.3) is 10.6 Å². The molecule has 2 heterocycles. The summed E-state index contributed by atoms with van der Waals surface area (Å²) < 4.78 is 10.4. The smallest absolute Gasteiger partial charge is 0.338 e. The normalized spacial score (nSPS) is 10.5. The summed E-state index contributed by atoms with van der Waals surface area (Å²) in [5, 5.41) is 16.6. The number of rotatable bonds is 5. The van der Waals surface area contributed by atoms with Crippen LogP contribution in [0.2, 0.25) is 0 Å². The summed E-state index contributed by atoms with van der Waals surface area (Å²) in [6.45, 7) is 1.53. The van der Waals surface area contributed by atoms with E-state index in [1.807, 2.05) is 17.5 Å². The van der Waals surface area contributed by atoms with E-state index in [1.165, 1.54) is 29.5 Å². The molecule has 0 unspecified atom stereocenters. The molecule has 7 nitrogen and oxygen atoms in total. The topological polar surface area (TPSA) is 95.5 Å². The Kier molecular flexibility index (Phi) is 4.39. The standard InChI is InChI=1S/C16H12N2O5S/c1-10-7-11(4-5-13(10)18(20)21)16(19)22-9-12-8-14(23-17-12)15-3-2-6-24-15/h2-8H,9H2,1H3. The maximum Gasteiger partial charge on any atom is 0.338 e. The molecule has 122 valence electrons. The summed E-state index contributed by atoms with van der Waals surface area (Å²) in [5.74, 6) is 0.0379. The molecule has 0 fully saturated rings. The number of aromatic nitrogens is 1. The molecule has 0 bridgehead atoms. The quantitative estimate of drug-likeness (QED) is 0.395. The number of thiophene rings is 1. The Morgan fingerprint density at radius 1 is 1.38 bits per heavy atom. The number of carbonyl (C=O) groups is 1. The second-order valence-electron chi connectivity index (χ2n) is 4.99. The molecular weight excluding hydrogens is 332 g/mol.